The van der Waals surface area contributed by atoms with Crippen LogP contribution in [0.1, 0.15) is 36.1 Å². The topological polar surface area (TPSA) is 73.7 Å². The SMILES string of the molecule is CCC1=N[C@@H](SCC(=O)Nc2ccc(O)cc2)c2cc(CC)sc2N1. The molecule has 0 spiro atoms. The number of carbonyl (C=O) groups excluding carboxylic acids is 1. The molecule has 0 radical (unpaired) electrons. The fraction of sp³-hybridized carbons (Fsp3) is 0.333. The summed E-state index contributed by atoms with van der Waals surface area (Å²) in [5.41, 5.74) is 1.84. The summed E-state index contributed by atoms with van der Waals surface area (Å²) in [4.78, 5) is 18.3. The van der Waals surface area contributed by atoms with Crippen LogP contribution in [0.4, 0.5) is 10.7 Å². The highest BCUT2D eigenvalue weighted by Gasteiger charge is 2.24. The number of fused-ring (bicyclic) bond motifs is 1. The van der Waals surface area contributed by atoms with Gasteiger partial charge in [0.15, 0.2) is 0 Å². The number of aromatic hydroxyl groups is 1. The maximum Gasteiger partial charge on any atom is 0.234 e. The van der Waals surface area contributed by atoms with Crippen LogP contribution in [0.2, 0.25) is 0 Å². The third-order valence-electron chi connectivity index (χ3n) is 3.82. The van der Waals surface area contributed by atoms with Crippen molar-refractivity contribution in [3.05, 3.63) is 40.8 Å². The van der Waals surface area contributed by atoms with Crippen LogP contribution in [0.25, 0.3) is 0 Å². The number of hydrogen-bond donors (Lipinski definition) is 3. The summed E-state index contributed by atoms with van der Waals surface area (Å²) in [6.07, 6.45) is 1.84. The molecule has 0 aliphatic carbocycles. The molecular formula is C18H21N3O2S2. The number of thioether (sulfide) groups is 1. The zero-order chi connectivity index (χ0) is 17.8. The Morgan fingerprint density at radius 1 is 1.32 bits per heavy atom. The van der Waals surface area contributed by atoms with Gasteiger partial charge in [-0.05, 0) is 36.8 Å². The molecule has 3 rings (SSSR count). The number of aryl methyl sites for hydroxylation is 1. The zero-order valence-electron chi connectivity index (χ0n) is 14.2. The fourth-order valence-corrected chi connectivity index (χ4v) is 4.56. The van der Waals surface area contributed by atoms with Gasteiger partial charge in [-0.1, -0.05) is 13.8 Å². The minimum atomic E-state index is -0.0741. The first-order valence-electron chi connectivity index (χ1n) is 8.25. The highest BCUT2D eigenvalue weighted by molar-refractivity contribution is 8.00. The first-order chi connectivity index (χ1) is 12.1. The number of hydrogen-bond acceptors (Lipinski definition) is 6. The Morgan fingerprint density at radius 2 is 2.08 bits per heavy atom. The van der Waals surface area contributed by atoms with Crippen LogP contribution >= 0.6 is 23.1 Å². The van der Waals surface area contributed by atoms with Gasteiger partial charge in [-0.3, -0.25) is 9.79 Å². The summed E-state index contributed by atoms with van der Waals surface area (Å²) in [6.45, 7) is 4.22. The first-order valence-corrected chi connectivity index (χ1v) is 10.1. The second-order valence-corrected chi connectivity index (χ2v) is 7.87. The highest BCUT2D eigenvalue weighted by atomic mass is 32.2. The van der Waals surface area contributed by atoms with E-state index < -0.39 is 0 Å². The molecule has 1 aromatic carbocycles. The van der Waals surface area contributed by atoms with Crippen molar-refractivity contribution in [1.29, 1.82) is 0 Å². The first kappa shape index (κ1) is 17.8. The standard InChI is InChI=1S/C18H21N3O2S2/c1-3-13-9-14-17(20-15(4-2)21-18(14)25-13)24-10-16(23)19-11-5-7-12(22)8-6-11/h5-9,17,22H,3-4,10H2,1-2H3,(H,19,23)(H,20,21)/t17-/m0/s1. The van der Waals surface area contributed by atoms with E-state index in [1.165, 1.54) is 22.2 Å². The molecule has 0 unspecified atom stereocenters. The van der Waals surface area contributed by atoms with Gasteiger partial charge in [0.25, 0.3) is 0 Å². The van der Waals surface area contributed by atoms with Gasteiger partial charge in [0.1, 0.15) is 22.0 Å². The lowest BCUT2D eigenvalue weighted by atomic mass is 10.2. The molecule has 7 heteroatoms. The minimum Gasteiger partial charge on any atom is -0.508 e. The van der Waals surface area contributed by atoms with Crippen LogP contribution in [0.5, 0.6) is 5.75 Å². The lowest BCUT2D eigenvalue weighted by molar-refractivity contribution is -0.113. The number of nitrogens with one attached hydrogen (secondary N) is 2. The van der Waals surface area contributed by atoms with E-state index in [-0.39, 0.29) is 17.0 Å². The number of nitrogens with zero attached hydrogens (tertiary/aromatic N) is 1. The van der Waals surface area contributed by atoms with Crippen molar-refractivity contribution in [2.45, 2.75) is 32.1 Å². The van der Waals surface area contributed by atoms with Gasteiger partial charge in [-0.25, -0.2) is 0 Å². The molecule has 2 aromatic rings. The van der Waals surface area contributed by atoms with Crippen LogP contribution in [-0.2, 0) is 11.2 Å². The predicted molar refractivity (Wildman–Crippen MR) is 107 cm³/mol. The molecule has 1 amide bonds. The second-order valence-electron chi connectivity index (χ2n) is 5.66. The van der Waals surface area contributed by atoms with E-state index in [0.29, 0.717) is 11.4 Å². The molecule has 1 aromatic heterocycles. The summed E-state index contributed by atoms with van der Waals surface area (Å²) < 4.78 is 0. The van der Waals surface area contributed by atoms with Crippen LogP contribution in [0.15, 0.2) is 35.3 Å². The van der Waals surface area contributed by atoms with Crippen LogP contribution < -0.4 is 10.6 Å². The van der Waals surface area contributed by atoms with Gasteiger partial charge >= 0.3 is 0 Å². The van der Waals surface area contributed by atoms with E-state index in [4.69, 9.17) is 4.99 Å². The number of anilines is 2. The Balaban J connectivity index is 1.65. The number of carbonyl (C=O) groups is 1. The Hall–Kier alpha value is -1.99. The molecule has 1 aliphatic heterocycles. The molecule has 0 bridgehead atoms. The molecule has 0 fully saturated rings. The number of amides is 1. The Labute approximate surface area is 155 Å². The monoisotopic (exact) mass is 375 g/mol. The van der Waals surface area contributed by atoms with Crippen molar-refractivity contribution in [2.75, 3.05) is 16.4 Å². The molecular weight excluding hydrogens is 354 g/mol. The van der Waals surface area contributed by atoms with E-state index >= 15 is 0 Å². The number of phenols is 1. The van der Waals surface area contributed by atoms with Crippen molar-refractivity contribution in [1.82, 2.24) is 0 Å². The van der Waals surface area contributed by atoms with Gasteiger partial charge < -0.3 is 15.7 Å². The molecule has 5 nitrogen and oxygen atoms in total. The van der Waals surface area contributed by atoms with Gasteiger partial charge in [0.05, 0.1) is 5.75 Å². The molecule has 132 valence electrons. The normalized spacial score (nSPS) is 15.9. The Bertz CT molecular complexity index is 784. The summed E-state index contributed by atoms with van der Waals surface area (Å²) in [7, 11) is 0. The number of amidine groups is 1. The average molecular weight is 376 g/mol. The van der Waals surface area contributed by atoms with E-state index in [0.717, 1.165) is 23.7 Å². The Morgan fingerprint density at radius 3 is 2.76 bits per heavy atom. The largest absolute Gasteiger partial charge is 0.508 e. The van der Waals surface area contributed by atoms with E-state index in [2.05, 4.69) is 30.5 Å². The summed E-state index contributed by atoms with van der Waals surface area (Å²) >= 11 is 3.30. The van der Waals surface area contributed by atoms with Crippen LogP contribution in [0, 0.1) is 0 Å². The maximum absolute atomic E-state index is 12.2. The third kappa shape index (κ3) is 4.35. The van der Waals surface area contributed by atoms with Crippen molar-refractivity contribution in [3.8, 4) is 5.75 Å². The number of aliphatic imine (C=N–C) groups is 1. The molecule has 3 N–H and O–H groups in total. The predicted octanol–water partition coefficient (Wildman–Crippen LogP) is 4.62. The summed E-state index contributed by atoms with van der Waals surface area (Å²) in [5, 5.41) is 16.6. The minimum absolute atomic E-state index is 0.0479. The number of rotatable bonds is 6. The lowest BCUT2D eigenvalue weighted by Gasteiger charge is -2.21. The molecule has 2 heterocycles. The van der Waals surface area contributed by atoms with Gasteiger partial charge in [0.2, 0.25) is 5.91 Å². The van der Waals surface area contributed by atoms with Gasteiger partial charge in [-0.15, -0.1) is 23.1 Å². The average Bonchev–Trinajstić information content (AvgIpc) is 3.04. The molecule has 0 saturated heterocycles. The van der Waals surface area contributed by atoms with Gasteiger partial charge in [0, 0.05) is 22.5 Å². The number of phenolic OH excluding ortho intramolecular Hbond substituents is 1. The molecule has 1 atom stereocenters. The smallest absolute Gasteiger partial charge is 0.234 e. The zero-order valence-corrected chi connectivity index (χ0v) is 15.8. The summed E-state index contributed by atoms with van der Waals surface area (Å²) in [5.74, 6) is 1.40. The molecule has 25 heavy (non-hydrogen) atoms. The van der Waals surface area contributed by atoms with Crippen molar-refractivity contribution in [2.24, 2.45) is 4.99 Å². The Kier molecular flexibility index (Phi) is 5.65. The summed E-state index contributed by atoms with van der Waals surface area (Å²) in [6, 6.07) is 8.66. The molecule has 0 saturated carbocycles. The number of thiophene rings is 1. The fourth-order valence-electron chi connectivity index (χ4n) is 2.49. The molecule has 1 aliphatic rings. The second kappa shape index (κ2) is 7.93. The van der Waals surface area contributed by atoms with E-state index in [1.807, 2.05) is 0 Å². The van der Waals surface area contributed by atoms with E-state index in [1.54, 1.807) is 35.6 Å². The van der Waals surface area contributed by atoms with Crippen LogP contribution in [-0.4, -0.2) is 22.6 Å². The quantitative estimate of drug-likeness (QED) is 0.644. The van der Waals surface area contributed by atoms with Crippen LogP contribution in [0.3, 0.4) is 0 Å². The maximum atomic E-state index is 12.2. The van der Waals surface area contributed by atoms with Crippen molar-refractivity contribution in [3.63, 3.8) is 0 Å². The van der Waals surface area contributed by atoms with Crippen molar-refractivity contribution >= 4 is 45.5 Å². The highest BCUT2D eigenvalue weighted by Crippen LogP contribution is 2.43. The third-order valence-corrected chi connectivity index (χ3v) is 6.13. The van der Waals surface area contributed by atoms with E-state index in [9.17, 15) is 9.90 Å². The number of benzene rings is 1. The van der Waals surface area contributed by atoms with Gasteiger partial charge in [-0.2, -0.15) is 0 Å². The van der Waals surface area contributed by atoms with Crippen molar-refractivity contribution < 1.29 is 9.90 Å². The lowest BCUT2D eigenvalue weighted by Crippen LogP contribution is -2.19.